The van der Waals surface area contributed by atoms with Crippen LogP contribution in [0.15, 0.2) is 12.3 Å². The standard InChI is InChI=1S/C26H38N4O4/c1-5-6-7-10-20-13-22-24(27-14-20)34-23(18(2)15-30(25(22)32)19(3)17-31)16-29(4)26(33)28-21-11-8-9-12-21/h13-14,18-19,21,23,31H,5-6,8-9,11-12,15-17H2,1-4H3,(H,28,33)/t18-,19-,23+/m0/s1. The second-order valence-corrected chi connectivity index (χ2v) is 9.56. The fraction of sp³-hybridized carbons (Fsp3) is 0.654. The maximum Gasteiger partial charge on any atom is 0.317 e. The number of aromatic nitrogens is 1. The van der Waals surface area contributed by atoms with Crippen molar-refractivity contribution in [3.8, 4) is 17.7 Å². The van der Waals surface area contributed by atoms with E-state index in [-0.39, 0.29) is 48.5 Å². The summed E-state index contributed by atoms with van der Waals surface area (Å²) in [6.45, 7) is 6.48. The Morgan fingerprint density at radius 3 is 2.82 bits per heavy atom. The predicted molar refractivity (Wildman–Crippen MR) is 131 cm³/mol. The third kappa shape index (κ3) is 6.41. The van der Waals surface area contributed by atoms with E-state index in [0.717, 1.165) is 38.5 Å². The zero-order valence-electron chi connectivity index (χ0n) is 20.8. The van der Waals surface area contributed by atoms with E-state index in [2.05, 4.69) is 29.1 Å². The Morgan fingerprint density at radius 2 is 2.15 bits per heavy atom. The van der Waals surface area contributed by atoms with Crippen LogP contribution in [0, 0.1) is 17.8 Å². The fourth-order valence-electron chi connectivity index (χ4n) is 4.39. The number of aliphatic hydroxyl groups is 1. The van der Waals surface area contributed by atoms with Crippen molar-refractivity contribution >= 4 is 11.9 Å². The molecule has 2 heterocycles. The van der Waals surface area contributed by atoms with Gasteiger partial charge in [0.2, 0.25) is 5.88 Å². The number of pyridine rings is 1. The van der Waals surface area contributed by atoms with Gasteiger partial charge in [-0.1, -0.05) is 38.5 Å². The minimum absolute atomic E-state index is 0.0846. The molecule has 3 rings (SSSR count). The third-order valence-electron chi connectivity index (χ3n) is 6.61. The summed E-state index contributed by atoms with van der Waals surface area (Å²) in [4.78, 5) is 33.9. The molecule has 1 aromatic heterocycles. The minimum atomic E-state index is -0.371. The van der Waals surface area contributed by atoms with E-state index in [9.17, 15) is 14.7 Å². The zero-order chi connectivity index (χ0) is 24.7. The number of aliphatic hydroxyl groups excluding tert-OH is 1. The Bertz CT molecular complexity index is 919. The van der Waals surface area contributed by atoms with Crippen molar-refractivity contribution in [2.24, 2.45) is 5.92 Å². The Hall–Kier alpha value is -2.79. The number of ether oxygens (including phenoxy) is 1. The van der Waals surface area contributed by atoms with E-state index >= 15 is 0 Å². The molecule has 8 heteroatoms. The number of urea groups is 1. The molecule has 2 aliphatic rings. The van der Waals surface area contributed by atoms with E-state index < -0.39 is 0 Å². The number of amides is 3. The summed E-state index contributed by atoms with van der Waals surface area (Å²) in [6.07, 6.45) is 7.31. The molecule has 1 aromatic rings. The summed E-state index contributed by atoms with van der Waals surface area (Å²) >= 11 is 0. The number of carbonyl (C=O) groups excluding carboxylic acids is 2. The normalized spacial score (nSPS) is 21.4. The first-order chi connectivity index (χ1) is 16.3. The molecule has 3 atom stereocenters. The molecule has 34 heavy (non-hydrogen) atoms. The number of rotatable bonds is 6. The Labute approximate surface area is 203 Å². The van der Waals surface area contributed by atoms with Crippen LogP contribution in [0.4, 0.5) is 4.79 Å². The molecule has 3 amide bonds. The highest BCUT2D eigenvalue weighted by molar-refractivity contribution is 5.97. The van der Waals surface area contributed by atoms with Crippen LogP contribution in [0.2, 0.25) is 0 Å². The van der Waals surface area contributed by atoms with E-state index in [4.69, 9.17) is 4.74 Å². The number of nitrogens with zero attached hydrogens (tertiary/aromatic N) is 3. The molecule has 0 unspecified atom stereocenters. The number of nitrogens with one attached hydrogen (secondary N) is 1. The number of unbranched alkanes of at least 4 members (excludes halogenated alkanes) is 1. The van der Waals surface area contributed by atoms with Gasteiger partial charge in [-0.3, -0.25) is 4.79 Å². The minimum Gasteiger partial charge on any atom is -0.472 e. The summed E-state index contributed by atoms with van der Waals surface area (Å²) < 4.78 is 6.26. The van der Waals surface area contributed by atoms with Gasteiger partial charge >= 0.3 is 6.03 Å². The summed E-state index contributed by atoms with van der Waals surface area (Å²) in [5.74, 6) is 6.06. The van der Waals surface area contributed by atoms with E-state index in [1.807, 2.05) is 13.8 Å². The highest BCUT2D eigenvalue weighted by Crippen LogP contribution is 2.27. The number of fused-ring (bicyclic) bond motifs is 1. The molecule has 1 aliphatic carbocycles. The van der Waals surface area contributed by atoms with Gasteiger partial charge in [-0.15, -0.1) is 0 Å². The first-order valence-corrected chi connectivity index (χ1v) is 12.4. The lowest BCUT2D eigenvalue weighted by molar-refractivity contribution is 0.0351. The van der Waals surface area contributed by atoms with Crippen LogP contribution in [0.5, 0.6) is 5.88 Å². The number of likely N-dealkylation sites (N-methyl/N-ethyl adjacent to an activating group) is 1. The molecule has 0 saturated heterocycles. The lowest BCUT2D eigenvalue weighted by Gasteiger charge is -2.37. The monoisotopic (exact) mass is 470 g/mol. The maximum absolute atomic E-state index is 13.4. The van der Waals surface area contributed by atoms with Gasteiger partial charge in [0.15, 0.2) is 0 Å². The SMILES string of the molecule is CCCC#Cc1cnc2c(c1)C(=O)N([C@@H](C)CO)C[C@H](C)[C@@H](CN(C)C(=O)NC1CCCC1)O2. The van der Waals surface area contributed by atoms with Crippen LogP contribution in [-0.4, -0.2) is 76.8 Å². The molecule has 2 N–H and O–H groups in total. The highest BCUT2D eigenvalue weighted by Gasteiger charge is 2.35. The zero-order valence-corrected chi connectivity index (χ0v) is 20.8. The van der Waals surface area contributed by atoms with Gasteiger partial charge < -0.3 is 25.0 Å². The lowest BCUT2D eigenvalue weighted by Crippen LogP contribution is -2.52. The number of carbonyl (C=O) groups is 2. The smallest absolute Gasteiger partial charge is 0.317 e. The molecule has 0 bridgehead atoms. The molecular formula is C26H38N4O4. The van der Waals surface area contributed by atoms with Gasteiger partial charge in [-0.25, -0.2) is 9.78 Å². The Morgan fingerprint density at radius 1 is 1.41 bits per heavy atom. The highest BCUT2D eigenvalue weighted by atomic mass is 16.5. The van der Waals surface area contributed by atoms with Gasteiger partial charge in [-0.2, -0.15) is 0 Å². The average Bonchev–Trinajstić information content (AvgIpc) is 3.34. The van der Waals surface area contributed by atoms with Crippen LogP contribution in [0.25, 0.3) is 0 Å². The summed E-state index contributed by atoms with van der Waals surface area (Å²) in [5, 5.41) is 12.9. The van der Waals surface area contributed by atoms with Crippen molar-refractivity contribution in [1.82, 2.24) is 20.1 Å². The van der Waals surface area contributed by atoms with Crippen LogP contribution in [0.3, 0.4) is 0 Å². The lowest BCUT2D eigenvalue weighted by atomic mass is 10.00. The molecule has 8 nitrogen and oxygen atoms in total. The van der Waals surface area contributed by atoms with Crippen molar-refractivity contribution in [2.75, 3.05) is 26.7 Å². The van der Waals surface area contributed by atoms with Crippen molar-refractivity contribution in [2.45, 2.75) is 77.5 Å². The Kier molecular flexibility index (Phi) is 9.17. The molecular weight excluding hydrogens is 432 g/mol. The molecule has 1 fully saturated rings. The second-order valence-electron chi connectivity index (χ2n) is 9.56. The van der Waals surface area contributed by atoms with E-state index in [1.54, 1.807) is 29.1 Å². The fourth-order valence-corrected chi connectivity index (χ4v) is 4.39. The quantitative estimate of drug-likeness (QED) is 0.623. The van der Waals surface area contributed by atoms with Crippen LogP contribution in [0.1, 0.15) is 75.2 Å². The van der Waals surface area contributed by atoms with Gasteiger partial charge in [0, 0.05) is 43.7 Å². The van der Waals surface area contributed by atoms with E-state index in [0.29, 0.717) is 24.2 Å². The first kappa shape index (κ1) is 25.8. The van der Waals surface area contributed by atoms with Gasteiger partial charge in [0.25, 0.3) is 5.91 Å². The molecule has 0 spiro atoms. The van der Waals surface area contributed by atoms with Gasteiger partial charge in [0.05, 0.1) is 19.2 Å². The maximum atomic E-state index is 13.4. The van der Waals surface area contributed by atoms with Gasteiger partial charge in [-0.05, 0) is 32.3 Å². The number of hydrogen-bond acceptors (Lipinski definition) is 5. The molecule has 186 valence electrons. The largest absolute Gasteiger partial charge is 0.472 e. The van der Waals surface area contributed by atoms with Crippen LogP contribution < -0.4 is 10.1 Å². The molecule has 1 saturated carbocycles. The molecule has 0 aromatic carbocycles. The second kappa shape index (κ2) is 12.1. The summed E-state index contributed by atoms with van der Waals surface area (Å²) in [6, 6.07) is 1.48. The van der Waals surface area contributed by atoms with Crippen LogP contribution in [-0.2, 0) is 0 Å². The topological polar surface area (TPSA) is 95.0 Å². The Balaban J connectivity index is 1.85. The first-order valence-electron chi connectivity index (χ1n) is 12.4. The van der Waals surface area contributed by atoms with Crippen molar-refractivity contribution < 1.29 is 19.4 Å². The van der Waals surface area contributed by atoms with E-state index in [1.165, 1.54) is 0 Å². The van der Waals surface area contributed by atoms with Gasteiger partial charge in [0.1, 0.15) is 11.7 Å². The van der Waals surface area contributed by atoms with Crippen molar-refractivity contribution in [3.05, 3.63) is 23.4 Å². The molecule has 1 aliphatic heterocycles. The average molecular weight is 471 g/mol. The third-order valence-corrected chi connectivity index (χ3v) is 6.61. The number of hydrogen-bond donors (Lipinski definition) is 2. The summed E-state index contributed by atoms with van der Waals surface area (Å²) in [7, 11) is 1.76. The van der Waals surface area contributed by atoms with Crippen LogP contribution >= 0.6 is 0 Å². The van der Waals surface area contributed by atoms with Crippen molar-refractivity contribution in [3.63, 3.8) is 0 Å². The van der Waals surface area contributed by atoms with Crippen molar-refractivity contribution in [1.29, 1.82) is 0 Å². The molecule has 0 radical (unpaired) electrons. The summed E-state index contributed by atoms with van der Waals surface area (Å²) in [5.41, 5.74) is 0.984. The predicted octanol–water partition coefficient (Wildman–Crippen LogP) is 3.04.